The fourth-order valence-electron chi connectivity index (χ4n) is 1.62. The van der Waals surface area contributed by atoms with Crippen molar-refractivity contribution in [3.8, 4) is 0 Å². The van der Waals surface area contributed by atoms with Crippen molar-refractivity contribution in [2.45, 2.75) is 34.6 Å². The van der Waals surface area contributed by atoms with Gasteiger partial charge in [0.05, 0.1) is 0 Å². The fourth-order valence-corrected chi connectivity index (χ4v) is 1.62. The van der Waals surface area contributed by atoms with Gasteiger partial charge in [-0.3, -0.25) is 0 Å². The van der Waals surface area contributed by atoms with E-state index < -0.39 is 0 Å². The van der Waals surface area contributed by atoms with Crippen LogP contribution in [0.1, 0.15) is 33.8 Å². The van der Waals surface area contributed by atoms with E-state index in [0.29, 0.717) is 5.41 Å². The molecule has 2 nitrogen and oxygen atoms in total. The molecule has 0 N–H and O–H groups in total. The van der Waals surface area contributed by atoms with Crippen LogP contribution < -0.4 is 0 Å². The normalized spacial score (nSPS) is 11.4. The number of oxazole rings is 1. The number of nitrogens with zero attached hydrogens (tertiary/aromatic N) is 1. The molecule has 1 aromatic heterocycles. The van der Waals surface area contributed by atoms with Gasteiger partial charge < -0.3 is 4.42 Å². The van der Waals surface area contributed by atoms with Gasteiger partial charge in [-0.15, -0.1) is 0 Å². The number of benzene rings is 1. The molecule has 0 bridgehead atoms. The van der Waals surface area contributed by atoms with Crippen molar-refractivity contribution < 1.29 is 4.42 Å². The molecule has 2 heteroatoms. The maximum absolute atomic E-state index is 5.26. The summed E-state index contributed by atoms with van der Waals surface area (Å²) >= 11 is 0. The first-order valence-corrected chi connectivity index (χ1v) is 4.87. The number of hydrogen-bond acceptors (Lipinski definition) is 2. The van der Waals surface area contributed by atoms with Crippen LogP contribution in [0.25, 0.3) is 11.1 Å². The summed E-state index contributed by atoms with van der Waals surface area (Å²) in [6.45, 7) is 6.70. The Morgan fingerprint density at radius 2 is 2.00 bits per heavy atom. The van der Waals surface area contributed by atoms with Crippen LogP contribution in [0.4, 0.5) is 0 Å². The second-order valence-electron chi connectivity index (χ2n) is 4.89. The average Bonchev–Trinajstić information content (AvgIpc) is 2.47. The van der Waals surface area contributed by atoms with Crippen molar-refractivity contribution in [3.05, 3.63) is 30.2 Å². The van der Waals surface area contributed by atoms with E-state index in [9.17, 15) is 0 Å². The standard InChI is InChI=1S/C12H15NO.CH4/c1-12(2,3)7-9-4-5-10-11(6-9)14-8-13-10;/h4-6,8H,7H2,1-3H3;1H4. The van der Waals surface area contributed by atoms with Gasteiger partial charge in [-0.25, -0.2) is 4.98 Å². The van der Waals surface area contributed by atoms with Gasteiger partial charge in [0.1, 0.15) is 5.52 Å². The molecule has 0 fully saturated rings. The molecule has 0 amide bonds. The molecular formula is C13H19NO. The lowest BCUT2D eigenvalue weighted by molar-refractivity contribution is 0.411. The van der Waals surface area contributed by atoms with Crippen LogP contribution in [0.3, 0.4) is 0 Å². The fraction of sp³-hybridized carbons (Fsp3) is 0.462. The maximum atomic E-state index is 5.26. The Bertz CT molecular complexity index is 437. The van der Waals surface area contributed by atoms with Crippen LogP contribution in [0.15, 0.2) is 29.0 Å². The van der Waals surface area contributed by atoms with E-state index >= 15 is 0 Å². The molecule has 0 atom stereocenters. The molecule has 82 valence electrons. The summed E-state index contributed by atoms with van der Waals surface area (Å²) in [5.41, 5.74) is 3.43. The molecule has 15 heavy (non-hydrogen) atoms. The van der Waals surface area contributed by atoms with Crippen LogP contribution >= 0.6 is 0 Å². The summed E-state index contributed by atoms with van der Waals surface area (Å²) in [7, 11) is 0. The Kier molecular flexibility index (Phi) is 3.18. The molecule has 2 aromatic rings. The molecule has 1 heterocycles. The van der Waals surface area contributed by atoms with E-state index in [-0.39, 0.29) is 7.43 Å². The molecule has 0 spiro atoms. The molecular weight excluding hydrogens is 186 g/mol. The Morgan fingerprint density at radius 3 is 2.67 bits per heavy atom. The van der Waals surface area contributed by atoms with Gasteiger partial charge in [-0.05, 0) is 29.5 Å². The highest BCUT2D eigenvalue weighted by atomic mass is 16.3. The van der Waals surface area contributed by atoms with Crippen LogP contribution in [0.5, 0.6) is 0 Å². The highest BCUT2D eigenvalue weighted by Gasteiger charge is 2.11. The lowest BCUT2D eigenvalue weighted by Gasteiger charge is -2.17. The van der Waals surface area contributed by atoms with Crippen molar-refractivity contribution in [3.63, 3.8) is 0 Å². The highest BCUT2D eigenvalue weighted by molar-refractivity contribution is 5.72. The molecule has 0 radical (unpaired) electrons. The zero-order chi connectivity index (χ0) is 10.2. The molecule has 0 aliphatic heterocycles. The lowest BCUT2D eigenvalue weighted by Crippen LogP contribution is -2.08. The third-order valence-corrected chi connectivity index (χ3v) is 2.13. The number of hydrogen-bond donors (Lipinski definition) is 0. The highest BCUT2D eigenvalue weighted by Crippen LogP contribution is 2.23. The minimum Gasteiger partial charge on any atom is -0.443 e. The first-order chi connectivity index (χ1) is 6.54. The third kappa shape index (κ3) is 2.82. The van der Waals surface area contributed by atoms with Crippen LogP contribution in [-0.2, 0) is 6.42 Å². The second kappa shape index (κ2) is 4.05. The van der Waals surface area contributed by atoms with Gasteiger partial charge in [-0.2, -0.15) is 0 Å². The van der Waals surface area contributed by atoms with E-state index in [1.165, 1.54) is 12.0 Å². The van der Waals surface area contributed by atoms with E-state index in [0.717, 1.165) is 17.5 Å². The summed E-state index contributed by atoms with van der Waals surface area (Å²) in [5.74, 6) is 0. The van der Waals surface area contributed by atoms with Crippen molar-refractivity contribution in [2.75, 3.05) is 0 Å². The zero-order valence-corrected chi connectivity index (χ0v) is 8.87. The largest absolute Gasteiger partial charge is 0.443 e. The Labute approximate surface area is 91.3 Å². The first kappa shape index (κ1) is 11.8. The predicted molar refractivity (Wildman–Crippen MR) is 63.9 cm³/mol. The summed E-state index contributed by atoms with van der Waals surface area (Å²) in [6, 6.07) is 6.21. The Morgan fingerprint density at radius 1 is 1.27 bits per heavy atom. The zero-order valence-electron chi connectivity index (χ0n) is 8.87. The quantitative estimate of drug-likeness (QED) is 0.702. The van der Waals surface area contributed by atoms with Crippen molar-refractivity contribution in [2.24, 2.45) is 5.41 Å². The van der Waals surface area contributed by atoms with Crippen molar-refractivity contribution in [1.29, 1.82) is 0 Å². The van der Waals surface area contributed by atoms with E-state index in [1.807, 2.05) is 6.07 Å². The van der Waals surface area contributed by atoms with Gasteiger partial charge in [-0.1, -0.05) is 34.3 Å². The number of fused-ring (bicyclic) bond motifs is 1. The maximum Gasteiger partial charge on any atom is 0.181 e. The third-order valence-electron chi connectivity index (χ3n) is 2.13. The van der Waals surface area contributed by atoms with Gasteiger partial charge in [0.25, 0.3) is 0 Å². The van der Waals surface area contributed by atoms with E-state index in [2.05, 4.69) is 37.9 Å². The minimum atomic E-state index is 0. The van der Waals surface area contributed by atoms with Gasteiger partial charge >= 0.3 is 0 Å². The average molecular weight is 205 g/mol. The number of rotatable bonds is 1. The Balaban J connectivity index is 0.00000112. The summed E-state index contributed by atoms with van der Waals surface area (Å²) in [4.78, 5) is 4.09. The van der Waals surface area contributed by atoms with Crippen molar-refractivity contribution in [1.82, 2.24) is 4.98 Å². The van der Waals surface area contributed by atoms with Gasteiger partial charge in [0, 0.05) is 0 Å². The molecule has 0 aliphatic rings. The predicted octanol–water partition coefficient (Wildman–Crippen LogP) is 4.05. The smallest absolute Gasteiger partial charge is 0.181 e. The SMILES string of the molecule is C.CC(C)(C)Cc1ccc2ncoc2c1. The molecule has 0 aliphatic carbocycles. The summed E-state index contributed by atoms with van der Waals surface area (Å²) in [6.07, 6.45) is 2.55. The Hall–Kier alpha value is -1.31. The van der Waals surface area contributed by atoms with Crippen molar-refractivity contribution >= 4 is 11.1 Å². The van der Waals surface area contributed by atoms with E-state index in [1.54, 1.807) is 0 Å². The molecule has 1 aromatic carbocycles. The molecule has 0 unspecified atom stereocenters. The molecule has 0 saturated carbocycles. The summed E-state index contributed by atoms with van der Waals surface area (Å²) in [5, 5.41) is 0. The van der Waals surface area contributed by atoms with Crippen LogP contribution in [0.2, 0.25) is 0 Å². The van der Waals surface area contributed by atoms with Gasteiger partial charge in [0.2, 0.25) is 0 Å². The van der Waals surface area contributed by atoms with Gasteiger partial charge in [0.15, 0.2) is 12.0 Å². The molecule has 2 rings (SSSR count). The molecule has 0 saturated heterocycles. The summed E-state index contributed by atoms with van der Waals surface area (Å²) < 4.78 is 5.26. The monoisotopic (exact) mass is 205 g/mol. The first-order valence-electron chi connectivity index (χ1n) is 4.87. The van der Waals surface area contributed by atoms with Crippen LogP contribution in [0, 0.1) is 5.41 Å². The number of aromatic nitrogens is 1. The van der Waals surface area contributed by atoms with E-state index in [4.69, 9.17) is 4.42 Å². The topological polar surface area (TPSA) is 26.0 Å². The minimum absolute atomic E-state index is 0. The lowest BCUT2D eigenvalue weighted by atomic mass is 9.88. The van der Waals surface area contributed by atoms with Crippen LogP contribution in [-0.4, -0.2) is 4.98 Å². The second-order valence-corrected chi connectivity index (χ2v) is 4.89.